The summed E-state index contributed by atoms with van der Waals surface area (Å²) in [5.41, 5.74) is 0. The number of hydrogen-bond acceptors (Lipinski definition) is 2. The molecule has 2 nitrogen and oxygen atoms in total. The molecule has 0 aromatic rings. The van der Waals surface area contributed by atoms with E-state index in [0.29, 0.717) is 11.8 Å². The van der Waals surface area contributed by atoms with Crippen molar-refractivity contribution in [3.8, 4) is 0 Å². The minimum absolute atomic E-state index is 0.241. The van der Waals surface area contributed by atoms with Gasteiger partial charge in [-0.25, -0.2) is 0 Å². The van der Waals surface area contributed by atoms with Gasteiger partial charge in [-0.05, 0) is 31.6 Å². The van der Waals surface area contributed by atoms with Gasteiger partial charge in [0.1, 0.15) is 0 Å². The Morgan fingerprint density at radius 3 is 2.71 bits per heavy atom. The average molecular weight is 213 g/mol. The minimum Gasteiger partial charge on any atom is -0.339 e. The molecule has 0 radical (unpaired) electrons. The van der Waals surface area contributed by atoms with Crippen LogP contribution in [0.4, 0.5) is 0 Å². The summed E-state index contributed by atoms with van der Waals surface area (Å²) in [5, 5.41) is 0. The van der Waals surface area contributed by atoms with Gasteiger partial charge < -0.3 is 4.90 Å². The first kappa shape index (κ1) is 10.3. The van der Waals surface area contributed by atoms with Crippen molar-refractivity contribution in [1.29, 1.82) is 0 Å². The van der Waals surface area contributed by atoms with E-state index in [1.165, 1.54) is 38.5 Å². The molecule has 3 heteroatoms. The second kappa shape index (κ2) is 4.56. The van der Waals surface area contributed by atoms with Crippen LogP contribution in [0.25, 0.3) is 0 Å². The highest BCUT2D eigenvalue weighted by Crippen LogP contribution is 2.35. The molecule has 1 aliphatic heterocycles. The molecular formula is C11H19NOS. The third kappa shape index (κ3) is 1.92. The van der Waals surface area contributed by atoms with Gasteiger partial charge in [0.05, 0.1) is 5.75 Å². The number of piperidine rings is 1. The molecule has 1 saturated heterocycles. The third-order valence-corrected chi connectivity index (χ3v) is 3.97. The maximum atomic E-state index is 11.7. The first-order valence-electron chi connectivity index (χ1n) is 5.73. The topological polar surface area (TPSA) is 20.3 Å². The van der Waals surface area contributed by atoms with Gasteiger partial charge in [0.15, 0.2) is 0 Å². The van der Waals surface area contributed by atoms with Gasteiger partial charge in [-0.3, -0.25) is 4.79 Å². The first-order chi connectivity index (χ1) is 6.83. The fraction of sp³-hybridized carbons (Fsp3) is 0.909. The van der Waals surface area contributed by atoms with Crippen molar-refractivity contribution in [2.24, 2.45) is 5.92 Å². The number of rotatable bonds is 1. The molecule has 0 bridgehead atoms. The van der Waals surface area contributed by atoms with Crippen LogP contribution < -0.4 is 0 Å². The monoisotopic (exact) mass is 213 g/mol. The fourth-order valence-corrected chi connectivity index (χ4v) is 3.21. The highest BCUT2D eigenvalue weighted by molar-refractivity contribution is 7.81. The lowest BCUT2D eigenvalue weighted by Crippen LogP contribution is -2.50. The summed E-state index contributed by atoms with van der Waals surface area (Å²) >= 11 is 4.09. The summed E-state index contributed by atoms with van der Waals surface area (Å²) in [6.07, 6.45) is 7.76. The standard InChI is InChI=1S/C11H19NOS/c13-11(8-14)12-7-3-5-9-4-1-2-6-10(9)12/h9-10,14H,1-8H2. The molecule has 0 spiro atoms. The molecule has 14 heavy (non-hydrogen) atoms. The van der Waals surface area contributed by atoms with E-state index in [2.05, 4.69) is 17.5 Å². The molecule has 2 atom stereocenters. The molecule has 2 unspecified atom stereocenters. The van der Waals surface area contributed by atoms with Gasteiger partial charge >= 0.3 is 0 Å². The number of nitrogens with zero attached hydrogens (tertiary/aromatic N) is 1. The predicted octanol–water partition coefficient (Wildman–Crippen LogP) is 2.10. The van der Waals surface area contributed by atoms with Gasteiger partial charge in [-0.2, -0.15) is 12.6 Å². The first-order valence-corrected chi connectivity index (χ1v) is 6.36. The van der Waals surface area contributed by atoms with Gasteiger partial charge in [0.2, 0.25) is 5.91 Å². The van der Waals surface area contributed by atoms with Crippen molar-refractivity contribution in [3.05, 3.63) is 0 Å². The molecule has 2 rings (SSSR count). The highest BCUT2D eigenvalue weighted by atomic mass is 32.1. The Balaban J connectivity index is 2.04. The lowest BCUT2D eigenvalue weighted by atomic mass is 9.78. The summed E-state index contributed by atoms with van der Waals surface area (Å²) in [7, 11) is 0. The molecule has 1 heterocycles. The zero-order chi connectivity index (χ0) is 9.97. The van der Waals surface area contributed by atoms with Crippen LogP contribution in [-0.2, 0) is 4.79 Å². The second-order valence-corrected chi connectivity index (χ2v) is 4.82. The largest absolute Gasteiger partial charge is 0.339 e. The number of hydrogen-bond donors (Lipinski definition) is 1. The van der Waals surface area contributed by atoms with Crippen LogP contribution in [0.2, 0.25) is 0 Å². The minimum atomic E-state index is 0.241. The summed E-state index contributed by atoms with van der Waals surface area (Å²) in [6, 6.07) is 0.553. The third-order valence-electron chi connectivity index (χ3n) is 3.70. The van der Waals surface area contributed by atoms with Gasteiger partial charge in [0, 0.05) is 12.6 Å². The smallest absolute Gasteiger partial charge is 0.232 e. The Labute approximate surface area is 91.5 Å². The molecule has 0 N–H and O–H groups in total. The number of carbonyl (C=O) groups is 1. The Kier molecular flexibility index (Phi) is 3.37. The van der Waals surface area contributed by atoms with E-state index in [1.54, 1.807) is 0 Å². The molecule has 1 amide bonds. The number of carbonyl (C=O) groups excluding carboxylic acids is 1. The molecular weight excluding hydrogens is 194 g/mol. The van der Waals surface area contributed by atoms with Crippen molar-refractivity contribution >= 4 is 18.5 Å². The second-order valence-electron chi connectivity index (χ2n) is 4.50. The van der Waals surface area contributed by atoms with Crippen molar-refractivity contribution in [3.63, 3.8) is 0 Å². The summed E-state index contributed by atoms with van der Waals surface area (Å²) in [6.45, 7) is 0.973. The molecule has 80 valence electrons. The Morgan fingerprint density at radius 1 is 1.21 bits per heavy atom. The number of thiol groups is 1. The molecule has 0 aromatic carbocycles. The highest BCUT2D eigenvalue weighted by Gasteiger charge is 2.34. The van der Waals surface area contributed by atoms with Crippen molar-refractivity contribution in [1.82, 2.24) is 4.90 Å². The summed E-state index contributed by atoms with van der Waals surface area (Å²) < 4.78 is 0. The van der Waals surface area contributed by atoms with Crippen LogP contribution >= 0.6 is 12.6 Å². The quantitative estimate of drug-likeness (QED) is 0.661. The van der Waals surface area contributed by atoms with E-state index < -0.39 is 0 Å². The van der Waals surface area contributed by atoms with E-state index in [0.717, 1.165) is 12.5 Å². The van der Waals surface area contributed by atoms with Gasteiger partial charge in [-0.1, -0.05) is 12.8 Å². The maximum absolute atomic E-state index is 11.7. The van der Waals surface area contributed by atoms with Crippen LogP contribution in [-0.4, -0.2) is 29.1 Å². The van der Waals surface area contributed by atoms with Crippen LogP contribution in [0.3, 0.4) is 0 Å². The SMILES string of the molecule is O=C(CS)N1CCCC2CCCCC21. The maximum Gasteiger partial charge on any atom is 0.232 e. The number of likely N-dealkylation sites (tertiary alicyclic amines) is 1. The van der Waals surface area contributed by atoms with E-state index >= 15 is 0 Å². The van der Waals surface area contributed by atoms with E-state index in [-0.39, 0.29) is 5.91 Å². The predicted molar refractivity (Wildman–Crippen MR) is 60.5 cm³/mol. The van der Waals surface area contributed by atoms with E-state index in [4.69, 9.17) is 0 Å². The average Bonchev–Trinajstić information content (AvgIpc) is 2.27. The van der Waals surface area contributed by atoms with Crippen LogP contribution in [0.15, 0.2) is 0 Å². The Hall–Kier alpha value is -0.180. The summed E-state index contributed by atoms with van der Waals surface area (Å²) in [5.74, 6) is 1.41. The summed E-state index contributed by atoms with van der Waals surface area (Å²) in [4.78, 5) is 13.8. The molecule has 0 aromatic heterocycles. The lowest BCUT2D eigenvalue weighted by molar-refractivity contribution is -0.134. The molecule has 2 aliphatic rings. The van der Waals surface area contributed by atoms with Crippen molar-refractivity contribution < 1.29 is 4.79 Å². The van der Waals surface area contributed by atoms with Crippen molar-refractivity contribution in [2.75, 3.05) is 12.3 Å². The van der Waals surface area contributed by atoms with Crippen LogP contribution in [0.5, 0.6) is 0 Å². The number of amides is 1. The molecule has 1 aliphatic carbocycles. The van der Waals surface area contributed by atoms with Gasteiger partial charge in [0.25, 0.3) is 0 Å². The Morgan fingerprint density at radius 2 is 1.93 bits per heavy atom. The van der Waals surface area contributed by atoms with Crippen molar-refractivity contribution in [2.45, 2.75) is 44.6 Å². The lowest BCUT2D eigenvalue weighted by Gasteiger charge is -2.44. The van der Waals surface area contributed by atoms with E-state index in [9.17, 15) is 4.79 Å². The van der Waals surface area contributed by atoms with Crippen LogP contribution in [0.1, 0.15) is 38.5 Å². The zero-order valence-corrected chi connectivity index (χ0v) is 9.51. The normalized spacial score (nSPS) is 32.5. The zero-order valence-electron chi connectivity index (χ0n) is 8.61. The Bertz CT molecular complexity index is 217. The van der Waals surface area contributed by atoms with Crippen LogP contribution in [0, 0.1) is 5.92 Å². The molecule has 2 fully saturated rings. The molecule has 1 saturated carbocycles. The number of fused-ring (bicyclic) bond motifs is 1. The fourth-order valence-electron chi connectivity index (χ4n) is 3.03. The van der Waals surface area contributed by atoms with E-state index in [1.807, 2.05) is 0 Å². The van der Waals surface area contributed by atoms with Gasteiger partial charge in [-0.15, -0.1) is 0 Å².